The molecule has 0 N–H and O–H groups in total. The third-order valence-electron chi connectivity index (χ3n) is 1.68. The molecule has 59 valence electrons. The predicted octanol–water partition coefficient (Wildman–Crippen LogP) is 3.35. The molecule has 0 saturated heterocycles. The highest BCUT2D eigenvalue weighted by atomic mass is 32.1. The second-order valence-corrected chi connectivity index (χ2v) is 3.39. The molecule has 0 saturated carbocycles. The van der Waals surface area contributed by atoms with Crippen LogP contribution in [0.3, 0.4) is 0 Å². The normalized spacial score (nSPS) is 10.0. The molecule has 0 atom stereocenters. The lowest BCUT2D eigenvalue weighted by Gasteiger charge is -1.95. The van der Waals surface area contributed by atoms with Crippen LogP contribution >= 0.6 is 11.3 Å². The molecule has 1 aromatic carbocycles. The standard InChI is InChI=1S/C11H9S/c1-2-4-10(5-3-1)8-11-6-7-12-9-11/h1-9H. The van der Waals surface area contributed by atoms with Crippen molar-refractivity contribution in [2.24, 2.45) is 0 Å². The van der Waals surface area contributed by atoms with E-state index in [1.165, 1.54) is 11.1 Å². The maximum Gasteiger partial charge on any atom is 0.0207 e. The van der Waals surface area contributed by atoms with Crippen LogP contribution in [0.5, 0.6) is 0 Å². The zero-order valence-corrected chi connectivity index (χ0v) is 7.42. The molecule has 0 aliphatic heterocycles. The third kappa shape index (κ3) is 1.74. The first-order valence-electron chi connectivity index (χ1n) is 3.87. The highest BCUT2D eigenvalue weighted by Crippen LogP contribution is 2.13. The minimum absolute atomic E-state index is 1.26. The molecule has 0 aliphatic carbocycles. The van der Waals surface area contributed by atoms with E-state index in [0.717, 1.165) is 0 Å². The molecule has 0 amide bonds. The van der Waals surface area contributed by atoms with Crippen molar-refractivity contribution in [3.05, 3.63) is 64.7 Å². The molecule has 2 aromatic rings. The van der Waals surface area contributed by atoms with Crippen LogP contribution in [-0.4, -0.2) is 0 Å². The summed E-state index contributed by atoms with van der Waals surface area (Å²) >= 11 is 1.73. The van der Waals surface area contributed by atoms with Crippen LogP contribution in [0.1, 0.15) is 11.1 Å². The Morgan fingerprint density at radius 2 is 1.75 bits per heavy atom. The highest BCUT2D eigenvalue weighted by Gasteiger charge is 1.94. The average Bonchev–Trinajstić information content (AvgIpc) is 2.59. The zero-order chi connectivity index (χ0) is 8.23. The number of rotatable bonds is 2. The third-order valence-corrected chi connectivity index (χ3v) is 2.38. The van der Waals surface area contributed by atoms with E-state index < -0.39 is 0 Å². The van der Waals surface area contributed by atoms with Gasteiger partial charge in [0.2, 0.25) is 0 Å². The van der Waals surface area contributed by atoms with Crippen molar-refractivity contribution in [3.63, 3.8) is 0 Å². The smallest absolute Gasteiger partial charge is 0.0207 e. The molecule has 0 nitrogen and oxygen atoms in total. The summed E-state index contributed by atoms with van der Waals surface area (Å²) in [6.45, 7) is 0. The minimum atomic E-state index is 1.26. The maximum absolute atomic E-state index is 2.18. The summed E-state index contributed by atoms with van der Waals surface area (Å²) < 4.78 is 0. The average molecular weight is 173 g/mol. The van der Waals surface area contributed by atoms with E-state index in [1.807, 2.05) is 6.07 Å². The van der Waals surface area contributed by atoms with Gasteiger partial charge in [-0.05, 0) is 28.0 Å². The summed E-state index contributed by atoms with van der Waals surface area (Å²) in [5.74, 6) is 0. The summed E-state index contributed by atoms with van der Waals surface area (Å²) in [4.78, 5) is 0. The van der Waals surface area contributed by atoms with Crippen LogP contribution in [0, 0.1) is 6.42 Å². The van der Waals surface area contributed by atoms with Gasteiger partial charge in [-0.25, -0.2) is 0 Å². The van der Waals surface area contributed by atoms with Crippen molar-refractivity contribution in [1.29, 1.82) is 0 Å². The van der Waals surface area contributed by atoms with E-state index in [1.54, 1.807) is 11.3 Å². The van der Waals surface area contributed by atoms with Gasteiger partial charge in [-0.1, -0.05) is 30.3 Å². The molecule has 2 rings (SSSR count). The van der Waals surface area contributed by atoms with Crippen molar-refractivity contribution >= 4 is 11.3 Å². The Balaban J connectivity index is 2.15. The molecule has 0 bridgehead atoms. The Morgan fingerprint density at radius 3 is 2.42 bits per heavy atom. The predicted molar refractivity (Wildman–Crippen MR) is 53.3 cm³/mol. The van der Waals surface area contributed by atoms with Gasteiger partial charge in [0, 0.05) is 6.42 Å². The molecule has 1 heterocycles. The molecule has 0 aliphatic rings. The van der Waals surface area contributed by atoms with Crippen LogP contribution < -0.4 is 0 Å². The summed E-state index contributed by atoms with van der Waals surface area (Å²) in [6.07, 6.45) is 2.18. The zero-order valence-electron chi connectivity index (χ0n) is 6.60. The van der Waals surface area contributed by atoms with Crippen LogP contribution in [0.25, 0.3) is 0 Å². The highest BCUT2D eigenvalue weighted by molar-refractivity contribution is 7.08. The van der Waals surface area contributed by atoms with E-state index in [-0.39, 0.29) is 0 Å². The molecule has 1 aromatic heterocycles. The first-order chi connectivity index (χ1) is 5.95. The fourth-order valence-corrected chi connectivity index (χ4v) is 1.72. The molecular formula is C11H9S. The van der Waals surface area contributed by atoms with Crippen molar-refractivity contribution < 1.29 is 0 Å². The van der Waals surface area contributed by atoms with Crippen LogP contribution in [0.4, 0.5) is 0 Å². The first kappa shape index (κ1) is 7.56. The van der Waals surface area contributed by atoms with E-state index in [9.17, 15) is 0 Å². The SMILES string of the molecule is [CH](c1ccccc1)c1ccsc1. The number of benzene rings is 1. The Labute approximate surface area is 76.5 Å². The lowest BCUT2D eigenvalue weighted by atomic mass is 10.1. The van der Waals surface area contributed by atoms with Gasteiger partial charge >= 0.3 is 0 Å². The fourth-order valence-electron chi connectivity index (χ4n) is 1.10. The maximum atomic E-state index is 2.18. The first-order valence-corrected chi connectivity index (χ1v) is 4.81. The Kier molecular flexibility index (Phi) is 2.23. The second kappa shape index (κ2) is 3.55. The summed E-state index contributed by atoms with van der Waals surface area (Å²) in [5.41, 5.74) is 2.54. The summed E-state index contributed by atoms with van der Waals surface area (Å²) in [5, 5.41) is 4.24. The topological polar surface area (TPSA) is 0 Å². The van der Waals surface area contributed by atoms with Crippen LogP contribution in [0.2, 0.25) is 0 Å². The van der Waals surface area contributed by atoms with E-state index >= 15 is 0 Å². The van der Waals surface area contributed by atoms with Crippen molar-refractivity contribution in [1.82, 2.24) is 0 Å². The van der Waals surface area contributed by atoms with Crippen molar-refractivity contribution in [2.45, 2.75) is 0 Å². The lowest BCUT2D eigenvalue weighted by Crippen LogP contribution is -1.79. The minimum Gasteiger partial charge on any atom is -0.152 e. The summed E-state index contributed by atoms with van der Waals surface area (Å²) in [6, 6.07) is 12.5. The fraction of sp³-hybridized carbons (Fsp3) is 0. The number of thiophene rings is 1. The van der Waals surface area contributed by atoms with Gasteiger partial charge in [0.1, 0.15) is 0 Å². The number of hydrogen-bond acceptors (Lipinski definition) is 1. The van der Waals surface area contributed by atoms with Crippen LogP contribution in [-0.2, 0) is 0 Å². The van der Waals surface area contributed by atoms with E-state index in [4.69, 9.17) is 0 Å². The Hall–Kier alpha value is -1.08. The Bertz CT molecular complexity index is 321. The van der Waals surface area contributed by atoms with E-state index in [2.05, 4.69) is 47.5 Å². The summed E-state index contributed by atoms with van der Waals surface area (Å²) in [7, 11) is 0. The molecule has 0 unspecified atom stereocenters. The molecule has 12 heavy (non-hydrogen) atoms. The molecular weight excluding hydrogens is 164 g/mol. The van der Waals surface area contributed by atoms with Gasteiger partial charge < -0.3 is 0 Å². The van der Waals surface area contributed by atoms with Gasteiger partial charge in [-0.15, -0.1) is 0 Å². The molecule has 0 fully saturated rings. The molecule has 0 spiro atoms. The van der Waals surface area contributed by atoms with Gasteiger partial charge in [0.25, 0.3) is 0 Å². The van der Waals surface area contributed by atoms with Gasteiger partial charge in [0.15, 0.2) is 0 Å². The Morgan fingerprint density at radius 1 is 0.917 bits per heavy atom. The van der Waals surface area contributed by atoms with Gasteiger partial charge in [-0.2, -0.15) is 11.3 Å². The van der Waals surface area contributed by atoms with Gasteiger partial charge in [-0.3, -0.25) is 0 Å². The van der Waals surface area contributed by atoms with Gasteiger partial charge in [0.05, 0.1) is 0 Å². The largest absolute Gasteiger partial charge is 0.152 e. The van der Waals surface area contributed by atoms with E-state index in [0.29, 0.717) is 0 Å². The molecule has 1 heteroatoms. The molecule has 1 radical (unpaired) electrons. The number of hydrogen-bond donors (Lipinski definition) is 0. The van der Waals surface area contributed by atoms with Crippen LogP contribution in [0.15, 0.2) is 47.2 Å². The van der Waals surface area contributed by atoms with Crippen molar-refractivity contribution in [2.75, 3.05) is 0 Å². The second-order valence-electron chi connectivity index (χ2n) is 2.61. The van der Waals surface area contributed by atoms with Crippen molar-refractivity contribution in [3.8, 4) is 0 Å². The lowest BCUT2D eigenvalue weighted by molar-refractivity contribution is 1.47. The monoisotopic (exact) mass is 173 g/mol. The quantitative estimate of drug-likeness (QED) is 0.653.